The normalized spacial score (nSPS) is 11.5. The SMILES string of the molecule is Cc1ccc(-c2nc(CN(C)Cc3sccc3C)c(C)o2)o1. The lowest BCUT2D eigenvalue weighted by Crippen LogP contribution is -2.17. The van der Waals surface area contributed by atoms with E-state index in [-0.39, 0.29) is 0 Å². The molecule has 0 spiro atoms. The van der Waals surface area contributed by atoms with E-state index in [4.69, 9.17) is 8.83 Å². The molecule has 3 rings (SSSR count). The van der Waals surface area contributed by atoms with Crippen LogP contribution in [0.5, 0.6) is 0 Å². The molecule has 0 aliphatic heterocycles. The molecule has 0 radical (unpaired) electrons. The summed E-state index contributed by atoms with van der Waals surface area (Å²) in [7, 11) is 2.10. The van der Waals surface area contributed by atoms with E-state index in [0.717, 1.165) is 30.3 Å². The highest BCUT2D eigenvalue weighted by atomic mass is 32.1. The first-order chi connectivity index (χ1) is 10.5. The molecule has 0 aliphatic rings. The van der Waals surface area contributed by atoms with Crippen molar-refractivity contribution in [2.45, 2.75) is 33.9 Å². The van der Waals surface area contributed by atoms with Crippen molar-refractivity contribution in [3.05, 3.63) is 51.2 Å². The summed E-state index contributed by atoms with van der Waals surface area (Å²) in [4.78, 5) is 8.23. The Morgan fingerprint density at radius 3 is 2.55 bits per heavy atom. The monoisotopic (exact) mass is 316 g/mol. The minimum Gasteiger partial charge on any atom is -0.456 e. The molecule has 0 saturated carbocycles. The molecular weight excluding hydrogens is 296 g/mol. The number of hydrogen-bond donors (Lipinski definition) is 0. The molecule has 0 saturated heterocycles. The Bertz CT molecular complexity index is 769. The summed E-state index contributed by atoms with van der Waals surface area (Å²) in [5.74, 6) is 2.95. The second-order valence-corrected chi connectivity index (χ2v) is 6.63. The molecule has 0 unspecified atom stereocenters. The Morgan fingerprint density at radius 2 is 1.91 bits per heavy atom. The summed E-state index contributed by atoms with van der Waals surface area (Å²) >= 11 is 1.80. The minimum absolute atomic E-state index is 0.557. The van der Waals surface area contributed by atoms with Gasteiger partial charge in [-0.05, 0) is 57.0 Å². The van der Waals surface area contributed by atoms with Crippen LogP contribution in [0.4, 0.5) is 0 Å². The third-order valence-corrected chi connectivity index (χ3v) is 4.65. The smallest absolute Gasteiger partial charge is 0.263 e. The number of furan rings is 1. The first kappa shape index (κ1) is 15.1. The van der Waals surface area contributed by atoms with Crippen LogP contribution in [0.25, 0.3) is 11.7 Å². The van der Waals surface area contributed by atoms with Gasteiger partial charge in [-0.2, -0.15) is 0 Å². The molecule has 3 heterocycles. The van der Waals surface area contributed by atoms with Gasteiger partial charge < -0.3 is 8.83 Å². The summed E-state index contributed by atoms with van der Waals surface area (Å²) in [6.45, 7) is 7.69. The van der Waals surface area contributed by atoms with Gasteiger partial charge in [-0.15, -0.1) is 11.3 Å². The Labute approximate surface area is 134 Å². The van der Waals surface area contributed by atoms with Crippen LogP contribution in [0, 0.1) is 20.8 Å². The molecule has 3 aromatic heterocycles. The molecule has 5 heteroatoms. The molecule has 0 atom stereocenters. The number of nitrogens with zero attached hydrogens (tertiary/aromatic N) is 2. The molecule has 116 valence electrons. The van der Waals surface area contributed by atoms with Crippen molar-refractivity contribution in [2.75, 3.05) is 7.05 Å². The van der Waals surface area contributed by atoms with Crippen LogP contribution in [0.15, 0.2) is 32.4 Å². The topological polar surface area (TPSA) is 42.4 Å². The van der Waals surface area contributed by atoms with E-state index < -0.39 is 0 Å². The van der Waals surface area contributed by atoms with E-state index in [1.165, 1.54) is 10.4 Å². The van der Waals surface area contributed by atoms with Crippen LogP contribution in [-0.2, 0) is 13.1 Å². The van der Waals surface area contributed by atoms with Crippen molar-refractivity contribution >= 4 is 11.3 Å². The van der Waals surface area contributed by atoms with Gasteiger partial charge in [-0.1, -0.05) is 0 Å². The molecule has 0 bridgehead atoms. The lowest BCUT2D eigenvalue weighted by molar-refractivity contribution is 0.315. The third kappa shape index (κ3) is 3.15. The van der Waals surface area contributed by atoms with E-state index in [2.05, 4.69) is 35.3 Å². The maximum Gasteiger partial charge on any atom is 0.263 e. The van der Waals surface area contributed by atoms with Crippen molar-refractivity contribution < 1.29 is 8.83 Å². The van der Waals surface area contributed by atoms with Crippen molar-refractivity contribution in [1.82, 2.24) is 9.88 Å². The zero-order valence-electron chi connectivity index (χ0n) is 13.3. The van der Waals surface area contributed by atoms with Gasteiger partial charge in [0.05, 0.1) is 5.69 Å². The Kier molecular flexibility index (Phi) is 4.18. The van der Waals surface area contributed by atoms with Crippen molar-refractivity contribution in [1.29, 1.82) is 0 Å². The van der Waals surface area contributed by atoms with Gasteiger partial charge in [0.25, 0.3) is 5.89 Å². The summed E-state index contributed by atoms with van der Waals surface area (Å²) in [6, 6.07) is 5.97. The van der Waals surface area contributed by atoms with E-state index in [0.29, 0.717) is 11.7 Å². The quantitative estimate of drug-likeness (QED) is 0.692. The number of hydrogen-bond acceptors (Lipinski definition) is 5. The fourth-order valence-electron chi connectivity index (χ4n) is 2.35. The second kappa shape index (κ2) is 6.10. The number of aromatic nitrogens is 1. The molecule has 0 amide bonds. The number of oxazole rings is 1. The lowest BCUT2D eigenvalue weighted by Gasteiger charge is -2.14. The van der Waals surface area contributed by atoms with Crippen molar-refractivity contribution in [3.8, 4) is 11.7 Å². The zero-order chi connectivity index (χ0) is 15.7. The molecule has 0 N–H and O–H groups in total. The van der Waals surface area contributed by atoms with Gasteiger partial charge in [-0.25, -0.2) is 4.98 Å². The predicted molar refractivity (Wildman–Crippen MR) is 87.9 cm³/mol. The third-order valence-electron chi connectivity index (χ3n) is 3.65. The molecule has 0 aromatic carbocycles. The molecule has 3 aromatic rings. The minimum atomic E-state index is 0.557. The van der Waals surface area contributed by atoms with Crippen LogP contribution in [0.2, 0.25) is 0 Å². The lowest BCUT2D eigenvalue weighted by atomic mass is 10.2. The van der Waals surface area contributed by atoms with Gasteiger partial charge in [0.15, 0.2) is 5.76 Å². The number of rotatable bonds is 5. The van der Waals surface area contributed by atoms with E-state index in [1.54, 1.807) is 11.3 Å². The van der Waals surface area contributed by atoms with Gasteiger partial charge in [0.2, 0.25) is 0 Å². The first-order valence-electron chi connectivity index (χ1n) is 7.27. The average molecular weight is 316 g/mol. The highest BCUT2D eigenvalue weighted by molar-refractivity contribution is 7.10. The van der Waals surface area contributed by atoms with Crippen molar-refractivity contribution in [2.24, 2.45) is 0 Å². The van der Waals surface area contributed by atoms with Crippen LogP contribution < -0.4 is 0 Å². The van der Waals surface area contributed by atoms with Crippen molar-refractivity contribution in [3.63, 3.8) is 0 Å². The second-order valence-electron chi connectivity index (χ2n) is 5.63. The molecular formula is C17H20N2O2S. The standard InChI is InChI=1S/C17H20N2O2S/c1-11-7-8-22-16(11)10-19(4)9-14-13(3)21-17(18-14)15-6-5-12(2)20-15/h5-8H,9-10H2,1-4H3. The number of aryl methyl sites for hydroxylation is 3. The van der Waals surface area contributed by atoms with Crippen LogP contribution in [-0.4, -0.2) is 16.9 Å². The van der Waals surface area contributed by atoms with E-state index >= 15 is 0 Å². The Balaban J connectivity index is 1.72. The zero-order valence-corrected chi connectivity index (χ0v) is 14.2. The predicted octanol–water partition coefficient (Wildman–Crippen LogP) is 4.55. The van der Waals surface area contributed by atoms with Crippen LogP contribution in [0.3, 0.4) is 0 Å². The first-order valence-corrected chi connectivity index (χ1v) is 8.15. The molecule has 4 nitrogen and oxygen atoms in total. The van der Waals surface area contributed by atoms with Gasteiger partial charge in [-0.3, -0.25) is 4.90 Å². The highest BCUT2D eigenvalue weighted by Crippen LogP contribution is 2.25. The summed E-state index contributed by atoms with van der Waals surface area (Å²) in [5, 5.41) is 2.14. The summed E-state index contributed by atoms with van der Waals surface area (Å²) in [6.07, 6.45) is 0. The molecule has 0 fully saturated rings. The van der Waals surface area contributed by atoms with Crippen LogP contribution in [0.1, 0.15) is 27.7 Å². The van der Waals surface area contributed by atoms with Gasteiger partial charge in [0, 0.05) is 18.0 Å². The fourth-order valence-corrected chi connectivity index (χ4v) is 3.34. The summed E-state index contributed by atoms with van der Waals surface area (Å²) < 4.78 is 11.3. The van der Waals surface area contributed by atoms with Crippen LogP contribution >= 0.6 is 11.3 Å². The van der Waals surface area contributed by atoms with Gasteiger partial charge in [0.1, 0.15) is 11.5 Å². The largest absolute Gasteiger partial charge is 0.456 e. The molecule has 0 aliphatic carbocycles. The Morgan fingerprint density at radius 1 is 1.09 bits per heavy atom. The molecule has 22 heavy (non-hydrogen) atoms. The number of thiophene rings is 1. The van der Waals surface area contributed by atoms with E-state index in [1.807, 2.05) is 26.0 Å². The fraction of sp³-hybridized carbons (Fsp3) is 0.353. The van der Waals surface area contributed by atoms with Gasteiger partial charge >= 0.3 is 0 Å². The highest BCUT2D eigenvalue weighted by Gasteiger charge is 2.16. The average Bonchev–Trinajstić information content (AvgIpc) is 3.14. The summed E-state index contributed by atoms with van der Waals surface area (Å²) in [5.41, 5.74) is 2.31. The maximum absolute atomic E-state index is 5.74. The van der Waals surface area contributed by atoms with E-state index in [9.17, 15) is 0 Å². The Hall–Kier alpha value is -1.85. The maximum atomic E-state index is 5.74.